The van der Waals surface area contributed by atoms with Crippen LogP contribution in [0.2, 0.25) is 0 Å². The van der Waals surface area contributed by atoms with Crippen LogP contribution in [0.25, 0.3) is 0 Å². The largest absolute Gasteiger partial charge is 0.498 e. The van der Waals surface area contributed by atoms with Crippen molar-refractivity contribution in [2.24, 2.45) is 16.6 Å². The summed E-state index contributed by atoms with van der Waals surface area (Å²) in [5.74, 6) is -1.56. The number of hydrogen-bond donors (Lipinski definition) is 2. The molecular formula is C20H24B3F2N5O4. The summed E-state index contributed by atoms with van der Waals surface area (Å²) in [4.78, 5) is 25.1. The zero-order valence-electron chi connectivity index (χ0n) is 19.2. The van der Waals surface area contributed by atoms with Gasteiger partial charge in [-0.25, -0.2) is 23.7 Å². The lowest BCUT2D eigenvalue weighted by atomic mass is 9.52. The van der Waals surface area contributed by atoms with Gasteiger partial charge in [-0.2, -0.15) is 0 Å². The molecule has 9 nitrogen and oxygen atoms in total. The first-order chi connectivity index (χ1) is 16.1. The van der Waals surface area contributed by atoms with E-state index in [2.05, 4.69) is 20.3 Å². The molecule has 2 aliphatic rings. The van der Waals surface area contributed by atoms with Crippen molar-refractivity contribution in [3.05, 3.63) is 47.7 Å². The monoisotopic (exact) mass is 469 g/mol. The first kappa shape index (κ1) is 24.0. The van der Waals surface area contributed by atoms with Gasteiger partial charge in [0.2, 0.25) is 5.88 Å². The number of anilines is 1. The Morgan fingerprint density at radius 1 is 1.32 bits per heavy atom. The third-order valence-electron chi connectivity index (χ3n) is 5.65. The number of carbonyl (C=O) groups is 1. The molecule has 3 atom stereocenters. The predicted octanol–water partition coefficient (Wildman–Crippen LogP) is -1.33. The maximum absolute atomic E-state index is 15.0. The molecule has 0 radical (unpaired) electrons. The van der Waals surface area contributed by atoms with Crippen molar-refractivity contribution in [3.8, 4) is 5.88 Å². The smallest absolute Gasteiger partial charge is 0.283 e. The Labute approximate surface area is 198 Å². The minimum Gasteiger partial charge on any atom is -0.498 e. The van der Waals surface area contributed by atoms with Crippen molar-refractivity contribution in [3.63, 3.8) is 0 Å². The van der Waals surface area contributed by atoms with Gasteiger partial charge in [0.15, 0.2) is 0 Å². The predicted molar refractivity (Wildman–Crippen MR) is 128 cm³/mol. The number of rotatable bonds is 6. The first-order valence-corrected chi connectivity index (χ1v) is 10.9. The second kappa shape index (κ2) is 9.24. The summed E-state index contributed by atoms with van der Waals surface area (Å²) in [5.41, 5.74) is 4.42. The molecule has 34 heavy (non-hydrogen) atoms. The normalized spacial score (nSPS) is 24.4. The van der Waals surface area contributed by atoms with E-state index in [0.717, 1.165) is 6.07 Å². The SMILES string of the molecule is BC(B)(B)Oc1cnc(C(=O)Nc2ccc(F)c([C@@]3(CF)N=C(N)O[C@@H]4CCOC[C@@H]43)c2)cn1. The summed E-state index contributed by atoms with van der Waals surface area (Å²) >= 11 is 0. The number of hydrogen-bond acceptors (Lipinski definition) is 8. The standard InChI is InChI=1S/C20H24B3F2N5O4/c21-20(22,23)34-16-7-27-14(6-28-16)17(31)29-10-1-2-13(25)11(5-10)19(9-24)12-8-32-4-3-15(12)33-18(26)30-19/h1-2,5-7,12,15H,3-4,8-9,21-23H2,(H2,26,30)(H,29,31)/t12-,15+,19+/m0/s1. The van der Waals surface area contributed by atoms with Crippen LogP contribution in [0.3, 0.4) is 0 Å². The van der Waals surface area contributed by atoms with Crippen LogP contribution in [-0.2, 0) is 15.0 Å². The molecule has 2 aromatic rings. The molecular weight excluding hydrogens is 445 g/mol. The van der Waals surface area contributed by atoms with E-state index < -0.39 is 41.3 Å². The Balaban J connectivity index is 1.61. The lowest BCUT2D eigenvalue weighted by Crippen LogP contribution is -2.54. The summed E-state index contributed by atoms with van der Waals surface area (Å²) in [6, 6.07) is 3.66. The zero-order valence-corrected chi connectivity index (χ0v) is 19.2. The molecule has 0 unspecified atom stereocenters. The summed E-state index contributed by atoms with van der Waals surface area (Å²) in [6.45, 7) is -0.452. The van der Waals surface area contributed by atoms with E-state index in [9.17, 15) is 9.18 Å². The molecule has 1 fully saturated rings. The number of amides is 1. The molecule has 4 rings (SSSR count). The van der Waals surface area contributed by atoms with E-state index in [1.165, 1.54) is 24.5 Å². The van der Waals surface area contributed by atoms with Crippen molar-refractivity contribution < 1.29 is 27.8 Å². The number of carbonyl (C=O) groups excluding carboxylic acids is 1. The van der Waals surface area contributed by atoms with Crippen molar-refractivity contribution in [1.82, 2.24) is 9.97 Å². The summed E-state index contributed by atoms with van der Waals surface area (Å²) in [7, 11) is 5.59. The number of nitrogens with two attached hydrogens (primary N) is 1. The fraction of sp³-hybridized carbons (Fsp3) is 0.400. The van der Waals surface area contributed by atoms with E-state index in [1.807, 2.05) is 23.5 Å². The number of ether oxygens (including phenoxy) is 3. The van der Waals surface area contributed by atoms with Gasteiger partial charge in [0.1, 0.15) is 53.4 Å². The van der Waals surface area contributed by atoms with Crippen LogP contribution in [0.4, 0.5) is 14.5 Å². The van der Waals surface area contributed by atoms with Gasteiger partial charge in [-0.3, -0.25) is 4.79 Å². The number of nitrogens with zero attached hydrogens (tertiary/aromatic N) is 3. The maximum Gasteiger partial charge on any atom is 0.283 e. The lowest BCUT2D eigenvalue weighted by Gasteiger charge is -2.45. The van der Waals surface area contributed by atoms with Crippen LogP contribution in [0.1, 0.15) is 22.5 Å². The second-order valence-corrected chi connectivity index (χ2v) is 9.24. The molecule has 176 valence electrons. The van der Waals surface area contributed by atoms with Gasteiger partial charge in [0, 0.05) is 23.0 Å². The Kier molecular flexibility index (Phi) is 6.52. The number of amidine groups is 1. The Bertz CT molecular complexity index is 1100. The van der Waals surface area contributed by atoms with E-state index in [0.29, 0.717) is 13.0 Å². The van der Waals surface area contributed by atoms with Gasteiger partial charge in [-0.15, -0.1) is 0 Å². The van der Waals surface area contributed by atoms with E-state index in [1.54, 1.807) is 0 Å². The second-order valence-electron chi connectivity index (χ2n) is 9.24. The van der Waals surface area contributed by atoms with Crippen LogP contribution in [0, 0.1) is 11.7 Å². The number of fused-ring (bicyclic) bond motifs is 1. The molecule has 0 aliphatic carbocycles. The molecule has 0 bridgehead atoms. The number of aromatic nitrogens is 2. The quantitative estimate of drug-likeness (QED) is 0.504. The maximum atomic E-state index is 15.0. The van der Waals surface area contributed by atoms with Crippen LogP contribution in [-0.4, -0.2) is 76.7 Å². The number of halogens is 2. The lowest BCUT2D eigenvalue weighted by molar-refractivity contribution is -0.0785. The van der Waals surface area contributed by atoms with Gasteiger partial charge >= 0.3 is 0 Å². The summed E-state index contributed by atoms with van der Waals surface area (Å²) < 4.78 is 46.3. The highest BCUT2D eigenvalue weighted by molar-refractivity contribution is 6.58. The Morgan fingerprint density at radius 3 is 2.79 bits per heavy atom. The molecule has 3 N–H and O–H groups in total. The zero-order chi connectivity index (χ0) is 24.5. The topological polar surface area (TPSA) is 121 Å². The van der Waals surface area contributed by atoms with E-state index in [-0.39, 0.29) is 35.5 Å². The molecule has 1 amide bonds. The Morgan fingerprint density at radius 2 is 2.12 bits per heavy atom. The number of nitrogens with one attached hydrogen (secondary N) is 1. The van der Waals surface area contributed by atoms with Gasteiger partial charge in [-0.1, -0.05) is 0 Å². The summed E-state index contributed by atoms with van der Waals surface area (Å²) in [5, 5.41) is 2.18. The van der Waals surface area contributed by atoms with Crippen LogP contribution < -0.4 is 15.8 Å². The molecule has 1 aromatic carbocycles. The third kappa shape index (κ3) is 4.86. The molecule has 14 heteroatoms. The molecule has 0 saturated carbocycles. The van der Waals surface area contributed by atoms with Gasteiger partial charge in [0.05, 0.1) is 31.5 Å². The average Bonchev–Trinajstić information content (AvgIpc) is 2.79. The molecule has 1 aromatic heterocycles. The first-order valence-electron chi connectivity index (χ1n) is 10.9. The third-order valence-corrected chi connectivity index (χ3v) is 5.65. The number of alkyl halides is 1. The van der Waals surface area contributed by atoms with Crippen LogP contribution in [0.15, 0.2) is 35.6 Å². The molecule has 2 aliphatic heterocycles. The van der Waals surface area contributed by atoms with E-state index in [4.69, 9.17) is 19.9 Å². The highest BCUT2D eigenvalue weighted by Crippen LogP contribution is 2.44. The van der Waals surface area contributed by atoms with Crippen molar-refractivity contribution in [2.75, 3.05) is 25.2 Å². The molecule has 0 spiro atoms. The highest BCUT2D eigenvalue weighted by atomic mass is 19.1. The van der Waals surface area contributed by atoms with Crippen molar-refractivity contribution in [1.29, 1.82) is 0 Å². The van der Waals surface area contributed by atoms with Gasteiger partial charge in [0.25, 0.3) is 11.9 Å². The van der Waals surface area contributed by atoms with Gasteiger partial charge < -0.3 is 25.3 Å². The summed E-state index contributed by atoms with van der Waals surface area (Å²) in [6.07, 6.45) is 2.65. The highest BCUT2D eigenvalue weighted by Gasteiger charge is 2.52. The van der Waals surface area contributed by atoms with Crippen LogP contribution >= 0.6 is 0 Å². The van der Waals surface area contributed by atoms with E-state index >= 15 is 4.39 Å². The minimum atomic E-state index is -1.63. The number of aliphatic imine (C=N–C) groups is 1. The number of benzene rings is 1. The minimum absolute atomic E-state index is 0.0291. The fourth-order valence-corrected chi connectivity index (χ4v) is 4.16. The van der Waals surface area contributed by atoms with Crippen molar-refractivity contribution in [2.45, 2.75) is 23.4 Å². The average molecular weight is 469 g/mol. The van der Waals surface area contributed by atoms with Crippen molar-refractivity contribution >= 4 is 41.2 Å². The molecule has 3 heterocycles. The van der Waals surface area contributed by atoms with Gasteiger partial charge in [-0.05, 0) is 18.2 Å². The van der Waals surface area contributed by atoms with Crippen LogP contribution in [0.5, 0.6) is 5.88 Å². The fourth-order valence-electron chi connectivity index (χ4n) is 4.16. The Hall–Kier alpha value is -3.15. The molecule has 1 saturated heterocycles.